The molecule has 1 fully saturated rings. The Morgan fingerprint density at radius 1 is 1.08 bits per heavy atom. The molecule has 0 aromatic heterocycles. The van der Waals surface area contributed by atoms with Crippen molar-refractivity contribution >= 4 is 11.8 Å². The first-order valence-electron chi connectivity index (χ1n) is 8.91. The van der Waals surface area contributed by atoms with E-state index in [1.54, 1.807) is 29.2 Å². The molecule has 2 rings (SSSR count). The van der Waals surface area contributed by atoms with E-state index in [0.29, 0.717) is 24.2 Å². The van der Waals surface area contributed by atoms with Crippen LogP contribution in [0.15, 0.2) is 24.3 Å². The molecule has 24 heavy (non-hydrogen) atoms. The summed E-state index contributed by atoms with van der Waals surface area (Å²) < 4.78 is 0. The zero-order valence-electron chi connectivity index (χ0n) is 14.6. The van der Waals surface area contributed by atoms with Crippen LogP contribution in [0.3, 0.4) is 0 Å². The lowest BCUT2D eigenvalue weighted by Crippen LogP contribution is -2.43. The van der Waals surface area contributed by atoms with Gasteiger partial charge in [-0.2, -0.15) is 0 Å². The normalized spacial score (nSPS) is 20.5. The topological polar surface area (TPSA) is 69.6 Å². The average Bonchev–Trinajstić information content (AvgIpc) is 2.63. The largest absolute Gasteiger partial charge is 0.396 e. The second-order valence-corrected chi connectivity index (χ2v) is 6.36. The molecule has 0 spiro atoms. The van der Waals surface area contributed by atoms with E-state index in [4.69, 9.17) is 0 Å². The molecule has 1 aliphatic carbocycles. The van der Waals surface area contributed by atoms with E-state index in [-0.39, 0.29) is 30.4 Å². The molecule has 2 N–H and O–H groups in total. The van der Waals surface area contributed by atoms with Gasteiger partial charge in [0.05, 0.1) is 0 Å². The van der Waals surface area contributed by atoms with Crippen molar-refractivity contribution < 1.29 is 14.7 Å². The summed E-state index contributed by atoms with van der Waals surface area (Å²) >= 11 is 0. The lowest BCUT2D eigenvalue weighted by molar-refractivity contribution is 0.0771. The van der Waals surface area contributed by atoms with E-state index < -0.39 is 0 Å². The van der Waals surface area contributed by atoms with Gasteiger partial charge in [-0.3, -0.25) is 9.59 Å². The molecular formula is C19H28N2O3. The fourth-order valence-corrected chi connectivity index (χ4v) is 3.33. The zero-order chi connectivity index (χ0) is 17.5. The van der Waals surface area contributed by atoms with Crippen molar-refractivity contribution in [1.82, 2.24) is 10.2 Å². The predicted molar refractivity (Wildman–Crippen MR) is 94.0 cm³/mol. The van der Waals surface area contributed by atoms with Crippen LogP contribution in [0.4, 0.5) is 0 Å². The number of aliphatic hydroxyl groups is 1. The Hall–Kier alpha value is -1.88. The van der Waals surface area contributed by atoms with Crippen molar-refractivity contribution in [3.8, 4) is 0 Å². The van der Waals surface area contributed by atoms with Crippen LogP contribution in [0.1, 0.15) is 60.2 Å². The van der Waals surface area contributed by atoms with E-state index in [1.807, 2.05) is 13.8 Å². The van der Waals surface area contributed by atoms with Crippen molar-refractivity contribution in [3.63, 3.8) is 0 Å². The Morgan fingerprint density at radius 2 is 1.67 bits per heavy atom. The van der Waals surface area contributed by atoms with Gasteiger partial charge in [0.15, 0.2) is 0 Å². The molecule has 5 heteroatoms. The minimum Gasteiger partial charge on any atom is -0.396 e. The highest BCUT2D eigenvalue weighted by Gasteiger charge is 2.26. The number of carbonyl (C=O) groups is 2. The molecule has 2 atom stereocenters. The van der Waals surface area contributed by atoms with Gasteiger partial charge in [0.25, 0.3) is 11.8 Å². The molecule has 1 saturated carbocycles. The van der Waals surface area contributed by atoms with Gasteiger partial charge in [-0.25, -0.2) is 0 Å². The summed E-state index contributed by atoms with van der Waals surface area (Å²) in [6.07, 6.45) is 4.06. The van der Waals surface area contributed by atoms with Crippen LogP contribution in [0.5, 0.6) is 0 Å². The van der Waals surface area contributed by atoms with Crippen molar-refractivity contribution in [1.29, 1.82) is 0 Å². The number of nitrogens with zero attached hydrogens (tertiary/aromatic N) is 1. The molecule has 0 aliphatic heterocycles. The van der Waals surface area contributed by atoms with Crippen LogP contribution in [0.25, 0.3) is 0 Å². The van der Waals surface area contributed by atoms with Gasteiger partial charge in [0.1, 0.15) is 0 Å². The molecule has 1 aromatic carbocycles. The Bertz CT molecular complexity index is 552. The Morgan fingerprint density at radius 3 is 2.25 bits per heavy atom. The van der Waals surface area contributed by atoms with Crippen molar-refractivity contribution in [3.05, 3.63) is 35.4 Å². The third-order valence-electron chi connectivity index (χ3n) is 4.90. The molecular weight excluding hydrogens is 304 g/mol. The van der Waals surface area contributed by atoms with E-state index >= 15 is 0 Å². The summed E-state index contributed by atoms with van der Waals surface area (Å²) in [5.41, 5.74) is 1.15. The molecule has 132 valence electrons. The third kappa shape index (κ3) is 4.35. The number of hydrogen-bond donors (Lipinski definition) is 2. The minimum absolute atomic E-state index is 0.0143. The van der Waals surface area contributed by atoms with Crippen LogP contribution in [0.2, 0.25) is 0 Å². The first kappa shape index (κ1) is 18.5. The maximum absolute atomic E-state index is 12.4. The second-order valence-electron chi connectivity index (χ2n) is 6.36. The van der Waals surface area contributed by atoms with E-state index in [2.05, 4.69) is 5.32 Å². The lowest BCUT2D eigenvalue weighted by Gasteiger charge is -2.30. The van der Waals surface area contributed by atoms with Gasteiger partial charge in [-0.1, -0.05) is 12.8 Å². The maximum atomic E-state index is 12.4. The third-order valence-corrected chi connectivity index (χ3v) is 4.90. The number of amides is 2. The van der Waals surface area contributed by atoms with Gasteiger partial charge in [-0.15, -0.1) is 0 Å². The highest BCUT2D eigenvalue weighted by Crippen LogP contribution is 2.24. The molecule has 2 unspecified atom stereocenters. The van der Waals surface area contributed by atoms with Gasteiger partial charge < -0.3 is 15.3 Å². The highest BCUT2D eigenvalue weighted by atomic mass is 16.3. The summed E-state index contributed by atoms with van der Waals surface area (Å²) in [6, 6.07) is 6.85. The molecule has 1 aromatic rings. The van der Waals surface area contributed by atoms with Gasteiger partial charge in [0, 0.05) is 42.8 Å². The maximum Gasteiger partial charge on any atom is 0.253 e. The number of benzene rings is 1. The van der Waals surface area contributed by atoms with E-state index in [1.165, 1.54) is 0 Å². The van der Waals surface area contributed by atoms with Crippen molar-refractivity contribution in [2.24, 2.45) is 5.92 Å². The minimum atomic E-state index is -0.137. The SMILES string of the molecule is CCN(CC)C(=O)c1ccc(C(=O)NC2CCCCC2CO)cc1. The lowest BCUT2D eigenvalue weighted by atomic mass is 9.85. The Labute approximate surface area is 144 Å². The number of nitrogens with one attached hydrogen (secondary N) is 1. The average molecular weight is 332 g/mol. The Kier molecular flexibility index (Phi) is 6.79. The molecule has 0 heterocycles. The standard InChI is InChI=1S/C19H28N2O3/c1-3-21(4-2)19(24)15-11-9-14(10-12-15)18(23)20-17-8-6-5-7-16(17)13-22/h9-12,16-17,22H,3-8,13H2,1-2H3,(H,20,23). The predicted octanol–water partition coefficient (Wildman–Crippen LogP) is 2.45. The number of hydrogen-bond acceptors (Lipinski definition) is 3. The molecule has 0 bridgehead atoms. The fraction of sp³-hybridized carbons (Fsp3) is 0.579. The first-order chi connectivity index (χ1) is 11.6. The summed E-state index contributed by atoms with van der Waals surface area (Å²) in [7, 11) is 0. The molecule has 0 saturated heterocycles. The second kappa shape index (κ2) is 8.83. The number of aliphatic hydroxyl groups excluding tert-OH is 1. The quantitative estimate of drug-likeness (QED) is 0.841. The van der Waals surface area contributed by atoms with Crippen molar-refractivity contribution in [2.45, 2.75) is 45.6 Å². The van der Waals surface area contributed by atoms with Gasteiger partial charge in [0.2, 0.25) is 0 Å². The van der Waals surface area contributed by atoms with Crippen LogP contribution in [-0.2, 0) is 0 Å². The van der Waals surface area contributed by atoms with Crippen LogP contribution >= 0.6 is 0 Å². The van der Waals surface area contributed by atoms with Crippen LogP contribution in [0, 0.1) is 5.92 Å². The number of rotatable bonds is 6. The van der Waals surface area contributed by atoms with Crippen LogP contribution in [-0.4, -0.2) is 47.6 Å². The van der Waals surface area contributed by atoms with Gasteiger partial charge >= 0.3 is 0 Å². The summed E-state index contributed by atoms with van der Waals surface area (Å²) in [5.74, 6) is -0.00649. The molecule has 0 radical (unpaired) electrons. The monoisotopic (exact) mass is 332 g/mol. The molecule has 1 aliphatic rings. The van der Waals surface area contributed by atoms with Crippen molar-refractivity contribution in [2.75, 3.05) is 19.7 Å². The summed E-state index contributed by atoms with van der Waals surface area (Å²) in [5, 5.41) is 12.5. The smallest absolute Gasteiger partial charge is 0.253 e. The van der Waals surface area contributed by atoms with E-state index in [9.17, 15) is 14.7 Å². The molecule has 5 nitrogen and oxygen atoms in total. The first-order valence-corrected chi connectivity index (χ1v) is 8.91. The molecule has 2 amide bonds. The number of carbonyl (C=O) groups excluding carboxylic acids is 2. The zero-order valence-corrected chi connectivity index (χ0v) is 14.6. The Balaban J connectivity index is 2.02. The highest BCUT2D eigenvalue weighted by molar-refractivity contribution is 5.97. The van der Waals surface area contributed by atoms with Crippen LogP contribution < -0.4 is 5.32 Å². The summed E-state index contributed by atoms with van der Waals surface area (Å²) in [6.45, 7) is 5.35. The van der Waals surface area contributed by atoms with Gasteiger partial charge in [-0.05, 0) is 51.0 Å². The fourth-order valence-electron chi connectivity index (χ4n) is 3.33. The van der Waals surface area contributed by atoms with E-state index in [0.717, 1.165) is 25.7 Å². The summed E-state index contributed by atoms with van der Waals surface area (Å²) in [4.78, 5) is 26.5.